The third-order valence-corrected chi connectivity index (χ3v) is 6.18. The van der Waals surface area contributed by atoms with Crippen LogP contribution in [0, 0.1) is 0 Å². The maximum absolute atomic E-state index is 13.1. The van der Waals surface area contributed by atoms with Gasteiger partial charge in [-0.15, -0.1) is 0 Å². The Bertz CT molecular complexity index is 901. The Hall–Kier alpha value is -2.86. The van der Waals surface area contributed by atoms with E-state index in [9.17, 15) is 9.59 Å². The first-order valence-corrected chi connectivity index (χ1v) is 11.9. The molecule has 1 heterocycles. The molecule has 172 valence electrons. The van der Waals surface area contributed by atoms with Gasteiger partial charge in [-0.1, -0.05) is 32.9 Å². The second-order valence-electron chi connectivity index (χ2n) is 8.21. The summed E-state index contributed by atoms with van der Waals surface area (Å²) in [6.45, 7) is 11.6. The number of anilines is 2. The van der Waals surface area contributed by atoms with Crippen LogP contribution in [0.3, 0.4) is 0 Å². The molecule has 0 aliphatic carbocycles. The molecule has 0 aromatic heterocycles. The minimum absolute atomic E-state index is 0.0950. The van der Waals surface area contributed by atoms with Gasteiger partial charge in [0.2, 0.25) is 0 Å². The summed E-state index contributed by atoms with van der Waals surface area (Å²) in [5.74, 6) is -0.267. The Morgan fingerprint density at radius 1 is 0.938 bits per heavy atom. The van der Waals surface area contributed by atoms with Crippen LogP contribution < -0.4 is 15.5 Å². The number of likely N-dealkylation sites (N-methyl/N-ethyl adjacent to an activating group) is 1. The second-order valence-corrected chi connectivity index (χ2v) is 8.21. The molecule has 6 heteroatoms. The summed E-state index contributed by atoms with van der Waals surface area (Å²) >= 11 is 0. The van der Waals surface area contributed by atoms with Gasteiger partial charge in [0.25, 0.3) is 11.8 Å². The Balaban J connectivity index is 1.76. The van der Waals surface area contributed by atoms with Crippen molar-refractivity contribution in [2.45, 2.75) is 40.0 Å². The van der Waals surface area contributed by atoms with Crippen LogP contribution in [0.1, 0.15) is 59.9 Å². The van der Waals surface area contributed by atoms with Crippen molar-refractivity contribution >= 4 is 23.2 Å². The smallest absolute Gasteiger partial charge is 0.255 e. The first kappa shape index (κ1) is 23.8. The van der Waals surface area contributed by atoms with Crippen LogP contribution in [0.2, 0.25) is 0 Å². The fraction of sp³-hybridized carbons (Fsp3) is 0.462. The van der Waals surface area contributed by atoms with Crippen LogP contribution in [-0.4, -0.2) is 56.0 Å². The lowest BCUT2D eigenvalue weighted by molar-refractivity contribution is 0.0948. The molecule has 2 N–H and O–H groups in total. The highest BCUT2D eigenvalue weighted by Crippen LogP contribution is 2.28. The predicted molar refractivity (Wildman–Crippen MR) is 132 cm³/mol. The number of hydrogen-bond acceptors (Lipinski definition) is 4. The Morgan fingerprint density at radius 3 is 2.25 bits per heavy atom. The van der Waals surface area contributed by atoms with Crippen LogP contribution in [0.15, 0.2) is 42.5 Å². The van der Waals surface area contributed by atoms with Crippen molar-refractivity contribution in [3.63, 3.8) is 0 Å². The van der Waals surface area contributed by atoms with Gasteiger partial charge in [0, 0.05) is 43.1 Å². The zero-order valence-corrected chi connectivity index (χ0v) is 19.6. The highest BCUT2D eigenvalue weighted by molar-refractivity contribution is 6.06. The molecule has 0 radical (unpaired) electrons. The van der Waals surface area contributed by atoms with Crippen molar-refractivity contribution in [1.29, 1.82) is 0 Å². The molecule has 1 fully saturated rings. The molecule has 2 aromatic carbocycles. The fourth-order valence-electron chi connectivity index (χ4n) is 4.09. The molecule has 0 atom stereocenters. The minimum Gasteiger partial charge on any atom is -0.371 e. The molecule has 6 nitrogen and oxygen atoms in total. The predicted octanol–water partition coefficient (Wildman–Crippen LogP) is 4.17. The number of benzene rings is 2. The molecule has 1 aliphatic rings. The molecule has 0 saturated carbocycles. The van der Waals surface area contributed by atoms with Gasteiger partial charge in [0.1, 0.15) is 0 Å². The number of rotatable bonds is 10. The SMILES string of the molecule is CCc1ccc(C(=O)Nc2ccc(N3CCCC3)c(C(=O)NCCN(CC)CC)c2)cc1. The third-order valence-electron chi connectivity index (χ3n) is 6.18. The monoisotopic (exact) mass is 436 g/mol. The van der Waals surface area contributed by atoms with Crippen LogP contribution in [-0.2, 0) is 6.42 Å². The molecule has 2 amide bonds. The standard InChI is InChI=1S/C26H36N4O2/c1-4-20-9-11-21(12-10-20)25(31)28-22-13-14-24(30-16-7-8-17-30)23(19-22)26(32)27-15-18-29(5-2)6-3/h9-14,19H,4-8,15-18H2,1-3H3,(H,27,32)(H,28,31). The van der Waals surface area contributed by atoms with Gasteiger partial charge < -0.3 is 20.4 Å². The van der Waals surface area contributed by atoms with E-state index >= 15 is 0 Å². The van der Waals surface area contributed by atoms with Crippen LogP contribution in [0.5, 0.6) is 0 Å². The van der Waals surface area contributed by atoms with E-state index < -0.39 is 0 Å². The van der Waals surface area contributed by atoms with E-state index in [2.05, 4.69) is 41.2 Å². The minimum atomic E-state index is -0.172. The Labute approximate surface area is 192 Å². The summed E-state index contributed by atoms with van der Waals surface area (Å²) in [7, 11) is 0. The summed E-state index contributed by atoms with van der Waals surface area (Å²) in [6, 6.07) is 13.3. The van der Waals surface area contributed by atoms with E-state index in [-0.39, 0.29) is 11.8 Å². The van der Waals surface area contributed by atoms with Gasteiger partial charge in [-0.25, -0.2) is 0 Å². The van der Waals surface area contributed by atoms with Crippen molar-refractivity contribution in [3.8, 4) is 0 Å². The molecular weight excluding hydrogens is 400 g/mol. The highest BCUT2D eigenvalue weighted by Gasteiger charge is 2.20. The van der Waals surface area contributed by atoms with Crippen LogP contribution >= 0.6 is 0 Å². The molecule has 0 spiro atoms. The number of aryl methyl sites for hydroxylation is 1. The van der Waals surface area contributed by atoms with E-state index in [1.165, 1.54) is 5.56 Å². The lowest BCUT2D eigenvalue weighted by Crippen LogP contribution is -2.35. The normalized spacial score (nSPS) is 13.4. The molecule has 32 heavy (non-hydrogen) atoms. The number of nitrogens with one attached hydrogen (secondary N) is 2. The van der Waals surface area contributed by atoms with E-state index in [1.54, 1.807) is 6.07 Å². The zero-order valence-electron chi connectivity index (χ0n) is 19.6. The number of carbonyl (C=O) groups is 2. The van der Waals surface area contributed by atoms with E-state index in [0.29, 0.717) is 23.4 Å². The largest absolute Gasteiger partial charge is 0.371 e. The number of carbonyl (C=O) groups excluding carboxylic acids is 2. The quantitative estimate of drug-likeness (QED) is 0.587. The molecular formula is C26H36N4O2. The third kappa shape index (κ3) is 6.10. The topological polar surface area (TPSA) is 64.7 Å². The number of amides is 2. The van der Waals surface area contributed by atoms with E-state index in [4.69, 9.17) is 0 Å². The average Bonchev–Trinajstić information content (AvgIpc) is 3.36. The number of hydrogen-bond donors (Lipinski definition) is 2. The molecule has 0 unspecified atom stereocenters. The van der Waals surface area contributed by atoms with Crippen molar-refractivity contribution in [1.82, 2.24) is 10.2 Å². The van der Waals surface area contributed by atoms with Gasteiger partial charge in [-0.05, 0) is 68.2 Å². The lowest BCUT2D eigenvalue weighted by atomic mass is 10.1. The van der Waals surface area contributed by atoms with Crippen molar-refractivity contribution in [3.05, 3.63) is 59.2 Å². The summed E-state index contributed by atoms with van der Waals surface area (Å²) in [4.78, 5) is 30.3. The van der Waals surface area contributed by atoms with Crippen LogP contribution in [0.25, 0.3) is 0 Å². The summed E-state index contributed by atoms with van der Waals surface area (Å²) < 4.78 is 0. The van der Waals surface area contributed by atoms with E-state index in [0.717, 1.165) is 57.7 Å². The van der Waals surface area contributed by atoms with Crippen LogP contribution in [0.4, 0.5) is 11.4 Å². The van der Waals surface area contributed by atoms with Crippen molar-refractivity contribution in [2.75, 3.05) is 49.5 Å². The second kappa shape index (κ2) is 11.7. The Kier molecular flexibility index (Phi) is 8.68. The van der Waals surface area contributed by atoms with Gasteiger partial charge in [-0.3, -0.25) is 9.59 Å². The van der Waals surface area contributed by atoms with Crippen molar-refractivity contribution < 1.29 is 9.59 Å². The van der Waals surface area contributed by atoms with Gasteiger partial charge in [0.05, 0.1) is 5.56 Å². The zero-order chi connectivity index (χ0) is 22.9. The summed E-state index contributed by atoms with van der Waals surface area (Å²) in [6.07, 6.45) is 3.21. The lowest BCUT2D eigenvalue weighted by Gasteiger charge is -2.23. The first-order valence-electron chi connectivity index (χ1n) is 11.9. The molecule has 2 aromatic rings. The summed E-state index contributed by atoms with van der Waals surface area (Å²) in [5, 5.41) is 6.02. The highest BCUT2D eigenvalue weighted by atomic mass is 16.2. The first-order chi connectivity index (χ1) is 15.5. The van der Waals surface area contributed by atoms with Crippen molar-refractivity contribution in [2.24, 2.45) is 0 Å². The molecule has 3 rings (SSSR count). The molecule has 0 bridgehead atoms. The van der Waals surface area contributed by atoms with E-state index in [1.807, 2.05) is 36.4 Å². The maximum atomic E-state index is 13.1. The average molecular weight is 437 g/mol. The molecule has 1 aliphatic heterocycles. The van der Waals surface area contributed by atoms with Gasteiger partial charge in [-0.2, -0.15) is 0 Å². The van der Waals surface area contributed by atoms with Gasteiger partial charge >= 0.3 is 0 Å². The maximum Gasteiger partial charge on any atom is 0.255 e. The van der Waals surface area contributed by atoms with Gasteiger partial charge in [0.15, 0.2) is 0 Å². The fourth-order valence-corrected chi connectivity index (χ4v) is 4.09. The number of nitrogens with zero attached hydrogens (tertiary/aromatic N) is 2. The molecule has 1 saturated heterocycles. The summed E-state index contributed by atoms with van der Waals surface area (Å²) in [5.41, 5.74) is 3.99. The Morgan fingerprint density at radius 2 is 1.62 bits per heavy atom.